The van der Waals surface area contributed by atoms with Crippen LogP contribution in [0.25, 0.3) is 22.5 Å². The Morgan fingerprint density at radius 2 is 2.00 bits per heavy atom. The van der Waals surface area contributed by atoms with Gasteiger partial charge in [0.2, 0.25) is 16.9 Å². The molecule has 25 heavy (non-hydrogen) atoms. The summed E-state index contributed by atoms with van der Waals surface area (Å²) in [6.07, 6.45) is 0.500. The third-order valence-electron chi connectivity index (χ3n) is 3.85. The molecule has 0 spiro atoms. The molecule has 0 amide bonds. The van der Waals surface area contributed by atoms with Crippen LogP contribution < -0.4 is 10.2 Å². The van der Waals surface area contributed by atoms with E-state index in [1.165, 1.54) is 20.3 Å². The summed E-state index contributed by atoms with van der Waals surface area (Å²) in [6, 6.07) is 6.99. The first-order valence-corrected chi connectivity index (χ1v) is 7.78. The molecule has 0 aliphatic carbocycles. The zero-order valence-electron chi connectivity index (χ0n) is 14.4. The highest BCUT2D eigenvalue weighted by Crippen LogP contribution is 2.33. The van der Waals surface area contributed by atoms with Gasteiger partial charge in [0.05, 0.1) is 18.8 Å². The minimum Gasteiger partial charge on any atom is -0.471 e. The number of methoxy groups -OCH3 is 1. The number of esters is 1. The van der Waals surface area contributed by atoms with Gasteiger partial charge in [-0.25, -0.2) is 4.79 Å². The third kappa shape index (κ3) is 3.03. The van der Waals surface area contributed by atoms with Gasteiger partial charge in [-0.2, -0.15) is 0 Å². The fraction of sp³-hybridized carbons (Fsp3) is 0.263. The Morgan fingerprint density at radius 1 is 1.24 bits per heavy atom. The van der Waals surface area contributed by atoms with E-state index < -0.39 is 12.1 Å². The normalized spacial score (nSPS) is 12.2. The van der Waals surface area contributed by atoms with Crippen LogP contribution in [0.2, 0.25) is 0 Å². The molecule has 0 saturated heterocycles. The van der Waals surface area contributed by atoms with Crippen molar-refractivity contribution in [1.82, 2.24) is 0 Å². The number of hydrogen-bond acceptors (Lipinski definition) is 6. The van der Waals surface area contributed by atoms with E-state index in [2.05, 4.69) is 4.74 Å². The summed E-state index contributed by atoms with van der Waals surface area (Å²) < 4.78 is 21.6. The number of fused-ring (bicyclic) bond motifs is 1. The monoisotopic (exact) mass is 342 g/mol. The van der Waals surface area contributed by atoms with Gasteiger partial charge >= 0.3 is 5.97 Å². The Bertz CT molecular complexity index is 981. The number of rotatable bonds is 4. The lowest BCUT2D eigenvalue weighted by Gasteiger charge is -2.15. The lowest BCUT2D eigenvalue weighted by atomic mass is 10.1. The van der Waals surface area contributed by atoms with E-state index in [1.54, 1.807) is 18.2 Å². The highest BCUT2D eigenvalue weighted by atomic mass is 16.6. The first kappa shape index (κ1) is 16.8. The lowest BCUT2D eigenvalue weighted by molar-refractivity contribution is -0.147. The van der Waals surface area contributed by atoms with Gasteiger partial charge in [-0.15, -0.1) is 0 Å². The van der Waals surface area contributed by atoms with Crippen LogP contribution in [-0.4, -0.2) is 19.2 Å². The van der Waals surface area contributed by atoms with Crippen molar-refractivity contribution in [3.05, 3.63) is 51.9 Å². The van der Waals surface area contributed by atoms with Crippen LogP contribution in [-0.2, 0) is 9.53 Å². The van der Waals surface area contributed by atoms with Gasteiger partial charge in [0.1, 0.15) is 5.58 Å². The molecule has 2 aromatic heterocycles. The van der Waals surface area contributed by atoms with Crippen molar-refractivity contribution in [3.63, 3.8) is 0 Å². The van der Waals surface area contributed by atoms with E-state index in [0.29, 0.717) is 16.7 Å². The van der Waals surface area contributed by atoms with E-state index in [9.17, 15) is 9.59 Å². The highest BCUT2D eigenvalue weighted by molar-refractivity contribution is 5.84. The number of hydrogen-bond donors (Lipinski definition) is 0. The van der Waals surface area contributed by atoms with Crippen LogP contribution in [0.4, 0.5) is 0 Å². The molecule has 0 N–H and O–H groups in total. The first-order valence-electron chi connectivity index (χ1n) is 7.78. The van der Waals surface area contributed by atoms with Gasteiger partial charge < -0.3 is 18.3 Å². The van der Waals surface area contributed by atoms with Crippen molar-refractivity contribution in [3.8, 4) is 17.3 Å². The van der Waals surface area contributed by atoms with E-state index in [4.69, 9.17) is 13.6 Å². The van der Waals surface area contributed by atoms with Crippen LogP contribution in [0.5, 0.6) is 5.75 Å². The van der Waals surface area contributed by atoms with Gasteiger partial charge in [-0.3, -0.25) is 4.79 Å². The molecule has 3 aromatic rings. The topological polar surface area (TPSA) is 78.9 Å². The fourth-order valence-electron chi connectivity index (χ4n) is 2.70. The molecule has 3 rings (SSSR count). The van der Waals surface area contributed by atoms with Crippen molar-refractivity contribution >= 4 is 16.9 Å². The van der Waals surface area contributed by atoms with Crippen LogP contribution in [0, 0.1) is 13.8 Å². The van der Waals surface area contributed by atoms with Crippen molar-refractivity contribution in [2.45, 2.75) is 26.9 Å². The molecule has 0 radical (unpaired) electrons. The maximum Gasteiger partial charge on any atom is 0.346 e. The largest absolute Gasteiger partial charge is 0.471 e. The Labute approximate surface area is 144 Å². The number of carbonyl (C=O) groups excluding carboxylic acids is 1. The van der Waals surface area contributed by atoms with Crippen LogP contribution in [0.3, 0.4) is 0 Å². The summed E-state index contributed by atoms with van der Waals surface area (Å²) in [4.78, 5) is 24.7. The van der Waals surface area contributed by atoms with Crippen LogP contribution in [0.15, 0.2) is 44.2 Å². The molecule has 0 saturated carbocycles. The van der Waals surface area contributed by atoms with E-state index in [1.807, 2.05) is 19.9 Å². The van der Waals surface area contributed by atoms with Crippen LogP contribution >= 0.6 is 0 Å². The minimum absolute atomic E-state index is 0.0784. The molecule has 0 unspecified atom stereocenters. The molecule has 1 aromatic carbocycles. The second-order valence-electron chi connectivity index (χ2n) is 5.81. The summed E-state index contributed by atoms with van der Waals surface area (Å²) in [6.45, 7) is 5.26. The van der Waals surface area contributed by atoms with Gasteiger partial charge in [-0.1, -0.05) is 6.07 Å². The van der Waals surface area contributed by atoms with Crippen molar-refractivity contribution in [2.24, 2.45) is 0 Å². The summed E-state index contributed by atoms with van der Waals surface area (Å²) in [7, 11) is 1.26. The summed E-state index contributed by atoms with van der Waals surface area (Å²) >= 11 is 0. The van der Waals surface area contributed by atoms with E-state index >= 15 is 0 Å². The SMILES string of the molecule is COC(=O)[C@@H](C)Oc1c(-c2ccco2)oc2c(C)cc(C)cc2c1=O. The zero-order valence-corrected chi connectivity index (χ0v) is 14.4. The second kappa shape index (κ2) is 6.47. The lowest BCUT2D eigenvalue weighted by Crippen LogP contribution is -2.27. The Morgan fingerprint density at radius 3 is 2.64 bits per heavy atom. The molecule has 0 aliphatic rings. The van der Waals surface area contributed by atoms with Crippen molar-refractivity contribution < 1.29 is 23.1 Å². The minimum atomic E-state index is -0.968. The molecule has 6 heteroatoms. The van der Waals surface area contributed by atoms with Gasteiger partial charge in [0.25, 0.3) is 0 Å². The number of benzene rings is 1. The molecule has 1 atom stereocenters. The maximum absolute atomic E-state index is 13.0. The van der Waals surface area contributed by atoms with E-state index in [-0.39, 0.29) is 16.9 Å². The molecule has 2 heterocycles. The fourth-order valence-corrected chi connectivity index (χ4v) is 2.70. The number of ether oxygens (including phenoxy) is 2. The predicted molar refractivity (Wildman–Crippen MR) is 91.8 cm³/mol. The number of aryl methyl sites for hydroxylation is 2. The standard InChI is InChI=1S/C19H18O6/c1-10-8-11(2)16-13(9-10)15(20)18(24-12(3)19(21)22-4)17(25-16)14-6-5-7-23-14/h5-9,12H,1-4H3/t12-/m1/s1. The Hall–Kier alpha value is -3.02. The summed E-state index contributed by atoms with van der Waals surface area (Å²) in [5.74, 6) is -0.188. The first-order chi connectivity index (χ1) is 11.9. The van der Waals surface area contributed by atoms with Crippen LogP contribution in [0.1, 0.15) is 18.1 Å². The van der Waals surface area contributed by atoms with Crippen molar-refractivity contribution in [1.29, 1.82) is 0 Å². The molecular formula is C19H18O6. The van der Waals surface area contributed by atoms with E-state index in [0.717, 1.165) is 11.1 Å². The smallest absolute Gasteiger partial charge is 0.346 e. The van der Waals surface area contributed by atoms with Crippen molar-refractivity contribution in [2.75, 3.05) is 7.11 Å². The average Bonchev–Trinajstić information content (AvgIpc) is 3.11. The molecule has 130 valence electrons. The van der Waals surface area contributed by atoms with Gasteiger partial charge in [0.15, 0.2) is 11.9 Å². The molecule has 0 fully saturated rings. The Kier molecular flexibility index (Phi) is 4.35. The second-order valence-corrected chi connectivity index (χ2v) is 5.81. The molecule has 0 bridgehead atoms. The quantitative estimate of drug-likeness (QED) is 0.674. The molecular weight excluding hydrogens is 324 g/mol. The zero-order chi connectivity index (χ0) is 18.1. The number of furan rings is 1. The summed E-state index contributed by atoms with van der Waals surface area (Å²) in [5, 5.41) is 0.389. The maximum atomic E-state index is 13.0. The number of carbonyl (C=O) groups is 1. The third-order valence-corrected chi connectivity index (χ3v) is 3.85. The van der Waals surface area contributed by atoms with Gasteiger partial charge in [-0.05, 0) is 50.1 Å². The summed E-state index contributed by atoms with van der Waals surface area (Å²) in [5.41, 5.74) is 1.85. The average molecular weight is 342 g/mol. The molecule has 6 nitrogen and oxygen atoms in total. The Balaban J connectivity index is 2.28. The highest BCUT2D eigenvalue weighted by Gasteiger charge is 2.25. The van der Waals surface area contributed by atoms with Gasteiger partial charge in [0, 0.05) is 0 Å². The predicted octanol–water partition coefficient (Wildman–Crippen LogP) is 3.61. The molecule has 0 aliphatic heterocycles.